The normalized spacial score (nSPS) is 21.9. The topological polar surface area (TPSA) is 86.7 Å². The lowest BCUT2D eigenvalue weighted by molar-refractivity contribution is -0.140. The number of hydrogen-bond donors (Lipinski definition) is 2. The molecule has 0 radical (unpaired) electrons. The van der Waals surface area contributed by atoms with Crippen molar-refractivity contribution in [1.29, 1.82) is 0 Å². The molecule has 1 saturated heterocycles. The van der Waals surface area contributed by atoms with Gasteiger partial charge in [0.2, 0.25) is 0 Å². The number of imide groups is 1. The fourth-order valence-electron chi connectivity index (χ4n) is 1.19. The molecule has 0 aromatic rings. The van der Waals surface area contributed by atoms with Crippen molar-refractivity contribution in [1.82, 2.24) is 10.2 Å². The van der Waals surface area contributed by atoms with Crippen molar-refractivity contribution < 1.29 is 19.5 Å². The minimum absolute atomic E-state index is 0.265. The number of nitrogens with zero attached hydrogens (tertiary/aromatic N) is 1. The zero-order valence-electron chi connectivity index (χ0n) is 7.11. The Hall–Kier alpha value is -1.59. The summed E-state index contributed by atoms with van der Waals surface area (Å²) in [4.78, 5) is 33.5. The van der Waals surface area contributed by atoms with Gasteiger partial charge in [0.1, 0.15) is 6.04 Å². The first kappa shape index (κ1) is 9.50. The predicted molar refractivity (Wildman–Crippen MR) is 42.0 cm³/mol. The minimum atomic E-state index is -1.10. The number of amides is 3. The highest BCUT2D eigenvalue weighted by Gasteiger charge is 2.37. The van der Waals surface area contributed by atoms with Crippen LogP contribution in [0.1, 0.15) is 13.3 Å². The van der Waals surface area contributed by atoms with Crippen molar-refractivity contribution in [2.24, 2.45) is 0 Å². The van der Waals surface area contributed by atoms with E-state index in [1.54, 1.807) is 6.92 Å². The molecular formula is C7H10N2O4. The van der Waals surface area contributed by atoms with Gasteiger partial charge in [0.25, 0.3) is 5.91 Å². The van der Waals surface area contributed by atoms with Gasteiger partial charge in [0, 0.05) is 6.54 Å². The molecule has 1 aliphatic heterocycles. The van der Waals surface area contributed by atoms with Crippen LogP contribution < -0.4 is 5.32 Å². The lowest BCUT2D eigenvalue weighted by Gasteiger charge is -2.07. The van der Waals surface area contributed by atoms with Crippen molar-refractivity contribution in [3.63, 3.8) is 0 Å². The van der Waals surface area contributed by atoms with Gasteiger partial charge in [-0.3, -0.25) is 14.5 Å². The predicted octanol–water partition coefficient (Wildman–Crippen LogP) is -0.599. The zero-order valence-corrected chi connectivity index (χ0v) is 7.11. The molecule has 6 heteroatoms. The quantitative estimate of drug-likeness (QED) is 0.576. The van der Waals surface area contributed by atoms with Crippen LogP contribution >= 0.6 is 0 Å². The largest absolute Gasteiger partial charge is 0.481 e. The van der Waals surface area contributed by atoms with Gasteiger partial charge in [-0.1, -0.05) is 0 Å². The molecule has 72 valence electrons. The number of hydrogen-bond acceptors (Lipinski definition) is 3. The van der Waals surface area contributed by atoms with E-state index in [1.807, 2.05) is 0 Å². The van der Waals surface area contributed by atoms with Crippen LogP contribution in [0.15, 0.2) is 0 Å². The maximum Gasteiger partial charge on any atom is 0.324 e. The third-order valence-electron chi connectivity index (χ3n) is 1.80. The van der Waals surface area contributed by atoms with Crippen LogP contribution in [0.5, 0.6) is 0 Å². The van der Waals surface area contributed by atoms with Crippen LogP contribution in [-0.4, -0.2) is 40.5 Å². The maximum absolute atomic E-state index is 11.3. The van der Waals surface area contributed by atoms with E-state index in [9.17, 15) is 14.4 Å². The second kappa shape index (κ2) is 3.42. The molecule has 0 aliphatic carbocycles. The SMILES string of the molecule is CCN1C(=O)NC(CC(=O)O)C1=O. The van der Waals surface area contributed by atoms with Crippen LogP contribution in [0.25, 0.3) is 0 Å². The lowest BCUT2D eigenvalue weighted by atomic mass is 10.2. The van der Waals surface area contributed by atoms with Crippen molar-refractivity contribution >= 4 is 17.9 Å². The van der Waals surface area contributed by atoms with Crippen LogP contribution in [0.3, 0.4) is 0 Å². The van der Waals surface area contributed by atoms with Crippen LogP contribution in [-0.2, 0) is 9.59 Å². The standard InChI is InChI=1S/C7H10N2O4/c1-2-9-6(12)4(3-5(10)11)8-7(9)13/h4H,2-3H2,1H3,(H,8,13)(H,10,11). The van der Waals surface area contributed by atoms with Crippen LogP contribution in [0, 0.1) is 0 Å². The number of likely N-dealkylation sites (N-methyl/N-ethyl adjacent to an activating group) is 1. The first-order chi connectivity index (χ1) is 6.06. The Bertz CT molecular complexity index is 263. The van der Waals surface area contributed by atoms with E-state index in [0.29, 0.717) is 0 Å². The number of nitrogens with one attached hydrogen (secondary N) is 1. The summed E-state index contributed by atoms with van der Waals surface area (Å²) < 4.78 is 0. The third kappa shape index (κ3) is 1.77. The van der Waals surface area contributed by atoms with Gasteiger partial charge < -0.3 is 10.4 Å². The number of rotatable bonds is 3. The number of carboxylic acid groups (broad SMARTS) is 1. The first-order valence-corrected chi connectivity index (χ1v) is 3.90. The Morgan fingerprint density at radius 2 is 2.23 bits per heavy atom. The van der Waals surface area contributed by atoms with Gasteiger partial charge in [-0.2, -0.15) is 0 Å². The van der Waals surface area contributed by atoms with E-state index in [2.05, 4.69) is 5.32 Å². The molecule has 13 heavy (non-hydrogen) atoms. The van der Waals surface area contributed by atoms with Gasteiger partial charge in [-0.15, -0.1) is 0 Å². The molecule has 6 nitrogen and oxygen atoms in total. The monoisotopic (exact) mass is 186 g/mol. The van der Waals surface area contributed by atoms with E-state index in [0.717, 1.165) is 4.90 Å². The Morgan fingerprint density at radius 3 is 2.62 bits per heavy atom. The Balaban J connectivity index is 2.67. The molecule has 1 atom stereocenters. The number of urea groups is 1. The van der Waals surface area contributed by atoms with Crippen molar-refractivity contribution in [3.05, 3.63) is 0 Å². The summed E-state index contributed by atoms with van der Waals surface area (Å²) in [5.41, 5.74) is 0. The Morgan fingerprint density at radius 1 is 1.62 bits per heavy atom. The van der Waals surface area contributed by atoms with Gasteiger partial charge in [-0.25, -0.2) is 4.79 Å². The fourth-order valence-corrected chi connectivity index (χ4v) is 1.19. The van der Waals surface area contributed by atoms with Crippen molar-refractivity contribution in [3.8, 4) is 0 Å². The zero-order chi connectivity index (χ0) is 10.0. The first-order valence-electron chi connectivity index (χ1n) is 3.90. The molecule has 1 heterocycles. The fraction of sp³-hybridized carbons (Fsp3) is 0.571. The van der Waals surface area contributed by atoms with E-state index in [4.69, 9.17) is 5.11 Å². The summed E-state index contributed by atoms with van der Waals surface area (Å²) >= 11 is 0. The molecular weight excluding hydrogens is 176 g/mol. The average molecular weight is 186 g/mol. The summed E-state index contributed by atoms with van der Waals surface area (Å²) in [5.74, 6) is -1.56. The average Bonchev–Trinajstić information content (AvgIpc) is 2.26. The molecule has 3 amide bonds. The molecule has 1 fully saturated rings. The molecule has 0 saturated carbocycles. The van der Waals surface area contributed by atoms with E-state index in [-0.39, 0.29) is 13.0 Å². The second-order valence-corrected chi connectivity index (χ2v) is 2.68. The molecule has 0 bridgehead atoms. The highest BCUT2D eigenvalue weighted by molar-refractivity contribution is 6.05. The van der Waals surface area contributed by atoms with Gasteiger partial charge in [0.15, 0.2) is 0 Å². The van der Waals surface area contributed by atoms with E-state index >= 15 is 0 Å². The van der Waals surface area contributed by atoms with Gasteiger partial charge >= 0.3 is 12.0 Å². The van der Waals surface area contributed by atoms with Gasteiger partial charge in [0.05, 0.1) is 6.42 Å². The Labute approximate surface area is 74.5 Å². The summed E-state index contributed by atoms with van der Waals surface area (Å²) in [5, 5.41) is 10.7. The highest BCUT2D eigenvalue weighted by Crippen LogP contribution is 2.08. The van der Waals surface area contributed by atoms with Crippen molar-refractivity contribution in [2.75, 3.05) is 6.54 Å². The lowest BCUT2D eigenvalue weighted by Crippen LogP contribution is -2.32. The number of carboxylic acids is 1. The molecule has 0 aromatic carbocycles. The third-order valence-corrected chi connectivity index (χ3v) is 1.80. The van der Waals surface area contributed by atoms with Crippen LogP contribution in [0.4, 0.5) is 4.79 Å². The molecule has 1 unspecified atom stereocenters. The van der Waals surface area contributed by atoms with Crippen LogP contribution in [0.2, 0.25) is 0 Å². The molecule has 1 rings (SSSR count). The summed E-state index contributed by atoms with van der Waals surface area (Å²) in [6, 6.07) is -1.41. The summed E-state index contributed by atoms with van der Waals surface area (Å²) in [6.07, 6.45) is -0.360. The number of carbonyl (C=O) groups excluding carboxylic acids is 2. The summed E-state index contributed by atoms with van der Waals surface area (Å²) in [6.45, 7) is 1.92. The molecule has 0 aromatic heterocycles. The van der Waals surface area contributed by atoms with Crippen molar-refractivity contribution in [2.45, 2.75) is 19.4 Å². The van der Waals surface area contributed by atoms with Gasteiger partial charge in [-0.05, 0) is 6.92 Å². The molecule has 1 aliphatic rings. The highest BCUT2D eigenvalue weighted by atomic mass is 16.4. The molecule has 2 N–H and O–H groups in total. The maximum atomic E-state index is 11.3. The second-order valence-electron chi connectivity index (χ2n) is 2.68. The molecule has 0 spiro atoms. The summed E-state index contributed by atoms with van der Waals surface area (Å²) in [7, 11) is 0. The van der Waals surface area contributed by atoms with E-state index in [1.165, 1.54) is 0 Å². The van der Waals surface area contributed by atoms with E-state index < -0.39 is 23.9 Å². The number of aliphatic carboxylic acids is 1. The number of carbonyl (C=O) groups is 3. The Kier molecular flexibility index (Phi) is 2.50. The minimum Gasteiger partial charge on any atom is -0.481 e. The smallest absolute Gasteiger partial charge is 0.324 e.